The van der Waals surface area contributed by atoms with Crippen LogP contribution in [0.1, 0.15) is 50.6 Å². The van der Waals surface area contributed by atoms with Crippen molar-refractivity contribution in [3.63, 3.8) is 0 Å². The highest BCUT2D eigenvalue weighted by atomic mass is 16.5. The lowest BCUT2D eigenvalue weighted by Crippen LogP contribution is -2.49. The van der Waals surface area contributed by atoms with Crippen molar-refractivity contribution in [2.45, 2.75) is 45.1 Å². The van der Waals surface area contributed by atoms with Crippen LogP contribution in [0.15, 0.2) is 18.2 Å². The highest BCUT2D eigenvalue weighted by Crippen LogP contribution is 2.32. The maximum atomic E-state index is 12.9. The fourth-order valence-electron chi connectivity index (χ4n) is 4.34. The Morgan fingerprint density at radius 2 is 1.72 bits per heavy atom. The number of benzene rings is 1. The molecule has 2 atom stereocenters. The van der Waals surface area contributed by atoms with Crippen LogP contribution in [-0.4, -0.2) is 61.1 Å². The Labute approximate surface area is 172 Å². The molecule has 1 aromatic rings. The number of rotatable bonds is 3. The van der Waals surface area contributed by atoms with E-state index in [9.17, 15) is 9.59 Å². The molecule has 0 radical (unpaired) electrons. The highest BCUT2D eigenvalue weighted by molar-refractivity contribution is 5.81. The van der Waals surface area contributed by atoms with Crippen LogP contribution in [0.5, 0.6) is 11.5 Å². The quantitative estimate of drug-likeness (QED) is 0.845. The van der Waals surface area contributed by atoms with Crippen LogP contribution >= 0.6 is 0 Å². The lowest BCUT2D eigenvalue weighted by molar-refractivity contribution is -0.127. The summed E-state index contributed by atoms with van der Waals surface area (Å²) < 4.78 is 11.4. The molecule has 3 aliphatic rings. The number of likely N-dealkylation sites (tertiary alicyclic amines) is 2. The minimum absolute atomic E-state index is 0.0172. The Hall–Kier alpha value is -2.44. The summed E-state index contributed by atoms with van der Waals surface area (Å²) in [6.07, 6.45) is 4.72. The van der Waals surface area contributed by atoms with Gasteiger partial charge in [-0.25, -0.2) is 4.79 Å². The predicted octanol–water partition coefficient (Wildman–Crippen LogP) is 2.95. The zero-order chi connectivity index (χ0) is 20.2. The van der Waals surface area contributed by atoms with E-state index in [2.05, 4.69) is 5.32 Å². The van der Waals surface area contributed by atoms with E-state index >= 15 is 0 Å². The predicted molar refractivity (Wildman–Crippen MR) is 109 cm³/mol. The van der Waals surface area contributed by atoms with Gasteiger partial charge in [-0.3, -0.25) is 4.79 Å². The van der Waals surface area contributed by atoms with E-state index in [1.807, 2.05) is 34.9 Å². The number of fused-ring (bicyclic) bond motifs is 1. The number of carbonyl (C=O) groups excluding carboxylic acids is 2. The zero-order valence-electron chi connectivity index (χ0n) is 17.2. The van der Waals surface area contributed by atoms with Crippen LogP contribution in [0.4, 0.5) is 4.79 Å². The van der Waals surface area contributed by atoms with Crippen LogP contribution in [0.25, 0.3) is 0 Å². The van der Waals surface area contributed by atoms with Crippen molar-refractivity contribution in [1.29, 1.82) is 0 Å². The first-order chi connectivity index (χ1) is 14.1. The number of carbonyl (C=O) groups is 2. The summed E-state index contributed by atoms with van der Waals surface area (Å²) in [6, 6.07) is 5.80. The van der Waals surface area contributed by atoms with Crippen molar-refractivity contribution >= 4 is 11.9 Å². The molecule has 0 aliphatic carbocycles. The first-order valence-corrected chi connectivity index (χ1v) is 10.9. The molecule has 3 aliphatic heterocycles. The molecule has 0 unspecified atom stereocenters. The summed E-state index contributed by atoms with van der Waals surface area (Å²) in [5, 5.41) is 3.13. The molecular weight excluding hydrogens is 370 g/mol. The third-order valence-electron chi connectivity index (χ3n) is 6.07. The molecule has 2 saturated heterocycles. The van der Waals surface area contributed by atoms with E-state index in [4.69, 9.17) is 9.47 Å². The summed E-state index contributed by atoms with van der Waals surface area (Å²) >= 11 is 0. The van der Waals surface area contributed by atoms with Gasteiger partial charge < -0.3 is 24.6 Å². The number of hydrogen-bond donors (Lipinski definition) is 1. The number of piperidine rings is 1. The van der Waals surface area contributed by atoms with Gasteiger partial charge in [0.05, 0.1) is 25.2 Å². The fourth-order valence-corrected chi connectivity index (χ4v) is 4.34. The second kappa shape index (κ2) is 8.93. The minimum atomic E-state index is -0.154. The van der Waals surface area contributed by atoms with Crippen molar-refractivity contribution in [1.82, 2.24) is 15.1 Å². The Kier molecular flexibility index (Phi) is 6.11. The van der Waals surface area contributed by atoms with Crippen LogP contribution in [-0.2, 0) is 4.79 Å². The SMILES string of the molecule is C[C@H](NC(=O)[C@H]1CCCN(C(=O)N2CCCC2)C1)c1ccc2c(c1)OCCCO2. The van der Waals surface area contributed by atoms with E-state index in [0.717, 1.165) is 68.8 Å². The molecule has 7 nitrogen and oxygen atoms in total. The van der Waals surface area contributed by atoms with Gasteiger partial charge in [0.25, 0.3) is 0 Å². The molecule has 29 heavy (non-hydrogen) atoms. The smallest absolute Gasteiger partial charge is 0.320 e. The van der Waals surface area contributed by atoms with Gasteiger partial charge in [-0.15, -0.1) is 0 Å². The largest absolute Gasteiger partial charge is 0.490 e. The molecule has 3 heterocycles. The van der Waals surface area contributed by atoms with Gasteiger partial charge in [0, 0.05) is 32.6 Å². The second-order valence-electron chi connectivity index (χ2n) is 8.25. The summed E-state index contributed by atoms with van der Waals surface area (Å²) in [6.45, 7) is 6.22. The van der Waals surface area contributed by atoms with Crippen LogP contribution in [0, 0.1) is 5.92 Å². The molecule has 158 valence electrons. The molecule has 4 rings (SSSR count). The molecular formula is C22H31N3O4. The molecule has 3 amide bonds. The van der Waals surface area contributed by atoms with E-state index in [0.29, 0.717) is 19.8 Å². The molecule has 0 saturated carbocycles. The number of amides is 3. The maximum absolute atomic E-state index is 12.9. The Morgan fingerprint density at radius 3 is 2.52 bits per heavy atom. The van der Waals surface area contributed by atoms with E-state index in [-0.39, 0.29) is 23.9 Å². The standard InChI is InChI=1S/C22H31N3O4/c1-16(17-7-8-19-20(14-17)29-13-5-12-28-19)23-21(26)18-6-4-11-25(15-18)22(27)24-9-2-3-10-24/h7-8,14,16,18H,2-6,9-13,15H2,1H3,(H,23,26)/t16-,18-/m0/s1. The molecule has 1 N–H and O–H groups in total. The third kappa shape index (κ3) is 4.60. The topological polar surface area (TPSA) is 71.1 Å². The number of urea groups is 1. The minimum Gasteiger partial charge on any atom is -0.490 e. The lowest BCUT2D eigenvalue weighted by Gasteiger charge is -2.35. The van der Waals surface area contributed by atoms with Crippen molar-refractivity contribution in [2.24, 2.45) is 5.92 Å². The molecule has 0 bridgehead atoms. The van der Waals surface area contributed by atoms with Crippen molar-refractivity contribution in [2.75, 3.05) is 39.4 Å². The average Bonchev–Trinajstić information content (AvgIpc) is 3.18. The van der Waals surface area contributed by atoms with Gasteiger partial charge in [-0.05, 0) is 50.3 Å². The zero-order valence-corrected chi connectivity index (χ0v) is 17.2. The Balaban J connectivity index is 1.35. The number of ether oxygens (including phenoxy) is 2. The van der Waals surface area contributed by atoms with Gasteiger partial charge in [-0.1, -0.05) is 6.07 Å². The van der Waals surface area contributed by atoms with Crippen molar-refractivity contribution in [3.8, 4) is 11.5 Å². The second-order valence-corrected chi connectivity index (χ2v) is 8.25. The number of nitrogens with zero attached hydrogens (tertiary/aromatic N) is 2. The molecule has 1 aromatic carbocycles. The van der Waals surface area contributed by atoms with Gasteiger partial charge in [0.1, 0.15) is 0 Å². The monoisotopic (exact) mass is 401 g/mol. The molecule has 0 aromatic heterocycles. The van der Waals surface area contributed by atoms with Crippen LogP contribution in [0.3, 0.4) is 0 Å². The summed E-state index contributed by atoms with van der Waals surface area (Å²) in [5.41, 5.74) is 0.989. The van der Waals surface area contributed by atoms with Gasteiger partial charge in [0.15, 0.2) is 11.5 Å². The van der Waals surface area contributed by atoms with Crippen LogP contribution < -0.4 is 14.8 Å². The highest BCUT2D eigenvalue weighted by Gasteiger charge is 2.32. The van der Waals surface area contributed by atoms with Crippen molar-refractivity contribution < 1.29 is 19.1 Å². The maximum Gasteiger partial charge on any atom is 0.320 e. The third-order valence-corrected chi connectivity index (χ3v) is 6.07. The lowest BCUT2D eigenvalue weighted by atomic mass is 9.96. The Morgan fingerprint density at radius 1 is 1.00 bits per heavy atom. The van der Waals surface area contributed by atoms with Gasteiger partial charge >= 0.3 is 6.03 Å². The fraction of sp³-hybridized carbons (Fsp3) is 0.636. The van der Waals surface area contributed by atoms with Gasteiger partial charge in [-0.2, -0.15) is 0 Å². The first kappa shape index (κ1) is 19.9. The van der Waals surface area contributed by atoms with Crippen LogP contribution in [0.2, 0.25) is 0 Å². The van der Waals surface area contributed by atoms with E-state index in [1.54, 1.807) is 0 Å². The van der Waals surface area contributed by atoms with E-state index < -0.39 is 0 Å². The summed E-state index contributed by atoms with van der Waals surface area (Å²) in [5.74, 6) is 1.36. The molecule has 7 heteroatoms. The first-order valence-electron chi connectivity index (χ1n) is 10.9. The summed E-state index contributed by atoms with van der Waals surface area (Å²) in [4.78, 5) is 29.3. The van der Waals surface area contributed by atoms with E-state index in [1.165, 1.54) is 0 Å². The number of hydrogen-bond acceptors (Lipinski definition) is 4. The molecule has 0 spiro atoms. The molecule has 2 fully saturated rings. The average molecular weight is 402 g/mol. The Bertz CT molecular complexity index is 748. The van der Waals surface area contributed by atoms with Gasteiger partial charge in [0.2, 0.25) is 5.91 Å². The number of nitrogens with one attached hydrogen (secondary N) is 1. The van der Waals surface area contributed by atoms with Crippen molar-refractivity contribution in [3.05, 3.63) is 23.8 Å². The normalized spacial score (nSPS) is 22.7. The summed E-state index contributed by atoms with van der Waals surface area (Å²) in [7, 11) is 0.